The normalized spacial score (nSPS) is 20.3. The first kappa shape index (κ1) is 37.1. The molecule has 2 bridgehead atoms. The van der Waals surface area contributed by atoms with Gasteiger partial charge in [-0.2, -0.15) is 0 Å². The summed E-state index contributed by atoms with van der Waals surface area (Å²) in [6.45, 7) is 14.4. The molecule has 0 radical (unpaired) electrons. The van der Waals surface area contributed by atoms with Gasteiger partial charge in [0.05, 0.1) is 19.8 Å². The lowest BCUT2D eigenvalue weighted by Gasteiger charge is -2.45. The van der Waals surface area contributed by atoms with E-state index in [1.807, 2.05) is 0 Å². The van der Waals surface area contributed by atoms with Gasteiger partial charge in [0.1, 0.15) is 11.4 Å². The van der Waals surface area contributed by atoms with Crippen LogP contribution in [0.1, 0.15) is 65.9 Å². The first-order valence-corrected chi connectivity index (χ1v) is 22.8. The fraction of sp³-hybridized carbons (Fsp3) is 0.319. The highest BCUT2D eigenvalue weighted by atomic mass is 28.4. The number of fused-ring (bicyclic) bond motifs is 2. The Balaban J connectivity index is 1.28. The van der Waals surface area contributed by atoms with Crippen molar-refractivity contribution in [1.29, 1.82) is 0 Å². The van der Waals surface area contributed by atoms with E-state index in [1.165, 1.54) is 26.3 Å². The highest BCUT2D eigenvalue weighted by molar-refractivity contribution is 7.00. The van der Waals surface area contributed by atoms with Gasteiger partial charge in [-0.15, -0.1) is 0 Å². The van der Waals surface area contributed by atoms with Gasteiger partial charge in [-0.05, 0) is 61.4 Å². The zero-order valence-corrected chi connectivity index (χ0v) is 34.3. The molecule has 2 heterocycles. The maximum atomic E-state index is 7.57. The Morgan fingerprint density at radius 1 is 0.623 bits per heavy atom. The lowest BCUT2D eigenvalue weighted by Crippen LogP contribution is -2.68. The maximum Gasteiger partial charge on any atom is 0.320 e. The van der Waals surface area contributed by atoms with E-state index in [-0.39, 0.29) is 22.1 Å². The van der Waals surface area contributed by atoms with E-state index >= 15 is 0 Å². The van der Waals surface area contributed by atoms with Gasteiger partial charge in [-0.1, -0.05) is 181 Å². The lowest BCUT2D eigenvalue weighted by atomic mass is 9.82. The highest BCUT2D eigenvalue weighted by Crippen LogP contribution is 2.51. The summed E-state index contributed by atoms with van der Waals surface area (Å²) in [7, 11) is -3.92. The average molecular weight is 739 g/mol. The van der Waals surface area contributed by atoms with Crippen LogP contribution in [-0.2, 0) is 9.16 Å². The number of rotatable bonds is 11. The van der Waals surface area contributed by atoms with Gasteiger partial charge in [0.15, 0.2) is 5.75 Å². The summed E-state index contributed by atoms with van der Waals surface area (Å²) < 4.78 is 28.3. The first-order valence-electron chi connectivity index (χ1n) is 19.0. The third kappa shape index (κ3) is 6.65. The molecule has 0 saturated carbocycles. The van der Waals surface area contributed by atoms with Crippen LogP contribution in [0, 0.1) is 0 Å². The van der Waals surface area contributed by atoms with Crippen molar-refractivity contribution in [3.63, 3.8) is 0 Å². The Morgan fingerprint density at radius 3 is 1.55 bits per heavy atom. The van der Waals surface area contributed by atoms with Crippen molar-refractivity contribution in [1.82, 2.24) is 0 Å². The Bertz CT molecular complexity index is 1920. The summed E-state index contributed by atoms with van der Waals surface area (Å²) >= 11 is 0. The van der Waals surface area contributed by atoms with E-state index in [4.69, 9.17) is 18.3 Å². The summed E-state index contributed by atoms with van der Waals surface area (Å²) in [5, 5.41) is 4.68. The smallest absolute Gasteiger partial charge is 0.320 e. The molecule has 0 spiro atoms. The SMILES string of the molecule is COc1cc([C@H]2C[C@H]3CC=C[C@]2(CO[Si](c2ccccc2)(c2ccccc2)C(C)(C)C)O3)ccc1O[Si](c1ccccc1)(c1ccccc1)C(C)(C)C. The number of benzene rings is 5. The van der Waals surface area contributed by atoms with Crippen molar-refractivity contribution in [2.75, 3.05) is 13.7 Å². The molecule has 0 unspecified atom stereocenters. The van der Waals surface area contributed by atoms with Crippen LogP contribution in [0.5, 0.6) is 11.5 Å². The van der Waals surface area contributed by atoms with Gasteiger partial charge in [0.25, 0.3) is 8.32 Å². The summed E-state index contributed by atoms with van der Waals surface area (Å²) in [5.41, 5.74) is 0.568. The molecule has 0 N–H and O–H groups in total. The summed E-state index contributed by atoms with van der Waals surface area (Å²) in [5.74, 6) is 1.59. The minimum atomic E-state index is -2.87. The average Bonchev–Trinajstić information content (AvgIpc) is 3.43. The highest BCUT2D eigenvalue weighted by Gasteiger charge is 2.56. The molecule has 2 aliphatic heterocycles. The monoisotopic (exact) mass is 738 g/mol. The van der Waals surface area contributed by atoms with E-state index in [9.17, 15) is 0 Å². The molecule has 1 fully saturated rings. The molecule has 5 aromatic carbocycles. The van der Waals surface area contributed by atoms with Gasteiger partial charge in [0.2, 0.25) is 0 Å². The molecule has 3 atom stereocenters. The summed E-state index contributed by atoms with van der Waals surface area (Å²) in [4.78, 5) is 0. The van der Waals surface area contributed by atoms with Crippen LogP contribution < -0.4 is 29.9 Å². The zero-order valence-electron chi connectivity index (χ0n) is 32.3. The van der Waals surface area contributed by atoms with Crippen LogP contribution in [0.4, 0.5) is 0 Å². The van der Waals surface area contributed by atoms with Crippen LogP contribution in [0.2, 0.25) is 10.1 Å². The third-order valence-electron chi connectivity index (χ3n) is 11.5. The Labute approximate surface area is 319 Å². The molecular formula is C47H54O4Si2. The number of methoxy groups -OCH3 is 1. The van der Waals surface area contributed by atoms with E-state index in [1.54, 1.807) is 7.11 Å². The van der Waals surface area contributed by atoms with Crippen LogP contribution in [0.25, 0.3) is 0 Å². The molecule has 4 nitrogen and oxygen atoms in total. The molecule has 2 aliphatic rings. The van der Waals surface area contributed by atoms with E-state index < -0.39 is 22.2 Å². The second kappa shape index (κ2) is 14.6. The van der Waals surface area contributed by atoms with Gasteiger partial charge in [-0.25, -0.2) is 0 Å². The Hall–Kier alpha value is -4.21. The standard InChI is InChI=1S/C47H54O4Si2/c1-45(2,3)52(38-22-12-8-13-23-38,39-24-14-9-15-25-39)49-35-47-32-20-21-37(50-47)34-42(47)36-30-31-43(44(33-36)48-7)51-53(46(4,5)6,40-26-16-10-17-27-40)41-28-18-11-19-29-41/h8-20,22-33,37,42H,21,34-35H2,1-7H3/t37-,42-,47-/m1/s1. The van der Waals surface area contributed by atoms with Gasteiger partial charge in [-0.3, -0.25) is 0 Å². The lowest BCUT2D eigenvalue weighted by molar-refractivity contribution is -0.0486. The predicted molar refractivity (Wildman–Crippen MR) is 224 cm³/mol. The van der Waals surface area contributed by atoms with Gasteiger partial charge < -0.3 is 18.3 Å². The number of hydrogen-bond donors (Lipinski definition) is 0. The molecule has 0 amide bonds. The van der Waals surface area contributed by atoms with Crippen LogP contribution in [0.3, 0.4) is 0 Å². The van der Waals surface area contributed by atoms with E-state index in [2.05, 4.69) is 193 Å². The molecule has 0 aliphatic carbocycles. The van der Waals surface area contributed by atoms with Gasteiger partial charge in [0, 0.05) is 5.92 Å². The maximum absolute atomic E-state index is 7.57. The van der Waals surface area contributed by atoms with E-state index in [0.717, 1.165) is 24.3 Å². The van der Waals surface area contributed by atoms with Crippen molar-refractivity contribution in [2.45, 2.75) is 82.1 Å². The molecule has 274 valence electrons. The number of hydrogen-bond acceptors (Lipinski definition) is 4. The van der Waals surface area contributed by atoms with Crippen LogP contribution in [0.15, 0.2) is 152 Å². The van der Waals surface area contributed by atoms with Crippen molar-refractivity contribution < 1.29 is 18.3 Å². The molecule has 53 heavy (non-hydrogen) atoms. The summed E-state index contributed by atoms with van der Waals surface area (Å²) in [6.07, 6.45) is 6.55. The molecular weight excluding hydrogens is 685 g/mol. The zero-order chi connectivity index (χ0) is 37.3. The second-order valence-electron chi connectivity index (χ2n) is 16.7. The van der Waals surface area contributed by atoms with Crippen molar-refractivity contribution >= 4 is 37.4 Å². The summed E-state index contributed by atoms with van der Waals surface area (Å²) in [6, 6.07) is 49.9. The molecule has 1 saturated heterocycles. The van der Waals surface area contributed by atoms with Crippen LogP contribution in [-0.4, -0.2) is 42.1 Å². The second-order valence-corrected chi connectivity index (χ2v) is 25.3. The van der Waals surface area contributed by atoms with Crippen molar-refractivity contribution in [2.24, 2.45) is 0 Å². The Morgan fingerprint density at radius 2 is 1.09 bits per heavy atom. The quantitative estimate of drug-likeness (QED) is 0.100. The predicted octanol–water partition coefficient (Wildman–Crippen LogP) is 8.78. The van der Waals surface area contributed by atoms with Gasteiger partial charge >= 0.3 is 8.32 Å². The topological polar surface area (TPSA) is 36.9 Å². The first-order chi connectivity index (χ1) is 25.4. The molecule has 6 heteroatoms. The molecule has 5 aromatic rings. The minimum Gasteiger partial charge on any atom is -0.531 e. The van der Waals surface area contributed by atoms with Crippen molar-refractivity contribution in [3.05, 3.63) is 157 Å². The fourth-order valence-electron chi connectivity index (χ4n) is 9.01. The Kier molecular flexibility index (Phi) is 10.2. The van der Waals surface area contributed by atoms with E-state index in [0.29, 0.717) is 6.61 Å². The van der Waals surface area contributed by atoms with Crippen molar-refractivity contribution in [3.8, 4) is 11.5 Å². The third-order valence-corrected chi connectivity index (χ3v) is 21.4. The molecule has 7 rings (SSSR count). The number of ether oxygens (including phenoxy) is 2. The van der Waals surface area contributed by atoms with Crippen LogP contribution >= 0.6 is 0 Å². The largest absolute Gasteiger partial charge is 0.531 e. The minimum absolute atomic E-state index is 0.0836. The molecule has 0 aromatic heterocycles. The fourth-order valence-corrected chi connectivity index (χ4v) is 18.0.